The van der Waals surface area contributed by atoms with E-state index in [9.17, 15) is 4.79 Å². The maximum absolute atomic E-state index is 12.7. The molecule has 0 saturated heterocycles. The van der Waals surface area contributed by atoms with E-state index in [0.717, 1.165) is 25.2 Å². The minimum absolute atomic E-state index is 0.200. The molecule has 3 nitrogen and oxygen atoms in total. The van der Waals surface area contributed by atoms with Crippen LogP contribution in [-0.2, 0) is 4.79 Å². The van der Waals surface area contributed by atoms with Crippen molar-refractivity contribution in [1.82, 2.24) is 4.90 Å². The molecular formula is C15H26N2O. The van der Waals surface area contributed by atoms with Crippen molar-refractivity contribution in [2.45, 2.75) is 63.5 Å². The average molecular weight is 250 g/mol. The Labute approximate surface area is 110 Å². The molecule has 5 unspecified atom stereocenters. The molecule has 3 aliphatic rings. The molecule has 2 N–H and O–H groups in total. The number of rotatable bonds is 2. The van der Waals surface area contributed by atoms with Gasteiger partial charge in [-0.2, -0.15) is 0 Å². The molecular weight excluding hydrogens is 224 g/mol. The second-order valence-corrected chi connectivity index (χ2v) is 6.75. The van der Waals surface area contributed by atoms with Crippen molar-refractivity contribution in [3.63, 3.8) is 0 Å². The molecule has 3 heteroatoms. The van der Waals surface area contributed by atoms with Crippen LogP contribution < -0.4 is 5.73 Å². The van der Waals surface area contributed by atoms with E-state index in [0.29, 0.717) is 23.8 Å². The van der Waals surface area contributed by atoms with E-state index in [1.807, 2.05) is 11.9 Å². The smallest absolute Gasteiger partial charge is 0.226 e. The molecule has 0 aromatic heterocycles. The number of nitrogens with two attached hydrogens (primary N) is 1. The number of hydrogen-bond donors (Lipinski definition) is 1. The third kappa shape index (κ3) is 2.07. The topological polar surface area (TPSA) is 46.3 Å². The number of carbonyl (C=O) groups excluding carboxylic acids is 1. The predicted molar refractivity (Wildman–Crippen MR) is 71.9 cm³/mol. The zero-order chi connectivity index (χ0) is 12.7. The minimum atomic E-state index is 0.200. The van der Waals surface area contributed by atoms with E-state index in [1.165, 1.54) is 32.1 Å². The first-order chi connectivity index (χ1) is 8.66. The van der Waals surface area contributed by atoms with Crippen molar-refractivity contribution in [3.05, 3.63) is 0 Å². The van der Waals surface area contributed by atoms with Crippen molar-refractivity contribution < 1.29 is 4.79 Å². The van der Waals surface area contributed by atoms with E-state index < -0.39 is 0 Å². The highest BCUT2D eigenvalue weighted by Crippen LogP contribution is 2.49. The first kappa shape index (κ1) is 12.5. The zero-order valence-electron chi connectivity index (χ0n) is 11.5. The number of nitrogens with zero attached hydrogens (tertiary/aromatic N) is 1. The molecule has 0 radical (unpaired) electrons. The summed E-state index contributed by atoms with van der Waals surface area (Å²) in [5.41, 5.74) is 6.20. The Hall–Kier alpha value is -0.570. The van der Waals surface area contributed by atoms with Crippen LogP contribution in [0, 0.1) is 17.8 Å². The van der Waals surface area contributed by atoms with Gasteiger partial charge in [-0.1, -0.05) is 19.3 Å². The zero-order valence-corrected chi connectivity index (χ0v) is 11.5. The Kier molecular flexibility index (Phi) is 3.35. The van der Waals surface area contributed by atoms with Crippen molar-refractivity contribution in [2.75, 3.05) is 7.05 Å². The third-order valence-electron chi connectivity index (χ3n) is 5.68. The van der Waals surface area contributed by atoms with Gasteiger partial charge >= 0.3 is 0 Å². The monoisotopic (exact) mass is 250 g/mol. The normalized spacial score (nSPS) is 43.1. The Bertz CT molecular complexity index is 330. The lowest BCUT2D eigenvalue weighted by Crippen LogP contribution is -2.52. The summed E-state index contributed by atoms with van der Waals surface area (Å²) in [6, 6.07) is 0.497. The van der Waals surface area contributed by atoms with Crippen LogP contribution in [0.5, 0.6) is 0 Å². The lowest BCUT2D eigenvalue weighted by molar-refractivity contribution is -0.139. The van der Waals surface area contributed by atoms with Gasteiger partial charge in [-0.25, -0.2) is 0 Å². The van der Waals surface area contributed by atoms with Gasteiger partial charge in [-0.3, -0.25) is 4.79 Å². The van der Waals surface area contributed by atoms with Gasteiger partial charge in [0.25, 0.3) is 0 Å². The van der Waals surface area contributed by atoms with Crippen LogP contribution in [0.3, 0.4) is 0 Å². The average Bonchev–Trinajstić information content (AvgIpc) is 3.00. The van der Waals surface area contributed by atoms with Crippen LogP contribution in [-0.4, -0.2) is 29.9 Å². The molecule has 3 aliphatic carbocycles. The Morgan fingerprint density at radius 1 is 1.11 bits per heavy atom. The predicted octanol–water partition coefficient (Wildman–Crippen LogP) is 2.15. The SMILES string of the molecule is CN(C(=O)C1CC2CCC1C2)C1CCCCC1N. The first-order valence-corrected chi connectivity index (χ1v) is 7.69. The Balaban J connectivity index is 1.64. The molecule has 0 aromatic carbocycles. The fourth-order valence-corrected chi connectivity index (χ4v) is 4.59. The summed E-state index contributed by atoms with van der Waals surface area (Å²) in [7, 11) is 1.99. The van der Waals surface area contributed by atoms with E-state index in [-0.39, 0.29) is 6.04 Å². The molecule has 3 fully saturated rings. The van der Waals surface area contributed by atoms with Gasteiger partial charge in [0.05, 0.1) is 0 Å². The van der Waals surface area contributed by atoms with Gasteiger partial charge in [0.1, 0.15) is 0 Å². The Morgan fingerprint density at radius 2 is 1.89 bits per heavy atom. The van der Waals surface area contributed by atoms with Gasteiger partial charge in [0.15, 0.2) is 0 Å². The van der Waals surface area contributed by atoms with Crippen molar-refractivity contribution in [1.29, 1.82) is 0 Å². The number of fused-ring (bicyclic) bond motifs is 2. The van der Waals surface area contributed by atoms with Gasteiger partial charge in [0, 0.05) is 25.0 Å². The quantitative estimate of drug-likeness (QED) is 0.816. The second-order valence-electron chi connectivity index (χ2n) is 6.75. The minimum Gasteiger partial charge on any atom is -0.341 e. The van der Waals surface area contributed by atoms with Crippen LogP contribution >= 0.6 is 0 Å². The van der Waals surface area contributed by atoms with E-state index >= 15 is 0 Å². The molecule has 1 amide bonds. The summed E-state index contributed by atoms with van der Waals surface area (Å²) in [6.07, 6.45) is 9.74. The molecule has 0 aromatic rings. The maximum Gasteiger partial charge on any atom is 0.226 e. The number of amides is 1. The molecule has 0 aliphatic heterocycles. The van der Waals surface area contributed by atoms with Crippen molar-refractivity contribution in [2.24, 2.45) is 23.5 Å². The van der Waals surface area contributed by atoms with Crippen LogP contribution in [0.2, 0.25) is 0 Å². The molecule has 0 spiro atoms. The standard InChI is InChI=1S/C15H26N2O/c1-17(14-5-3-2-4-13(14)16)15(18)12-9-10-6-7-11(12)8-10/h10-14H,2-9,16H2,1H3. The Morgan fingerprint density at radius 3 is 2.50 bits per heavy atom. The fourth-order valence-electron chi connectivity index (χ4n) is 4.59. The van der Waals surface area contributed by atoms with Gasteiger partial charge in [0.2, 0.25) is 5.91 Å². The van der Waals surface area contributed by atoms with E-state index in [1.54, 1.807) is 0 Å². The van der Waals surface area contributed by atoms with E-state index in [2.05, 4.69) is 0 Å². The van der Waals surface area contributed by atoms with Crippen LogP contribution in [0.1, 0.15) is 51.4 Å². The largest absolute Gasteiger partial charge is 0.341 e. The summed E-state index contributed by atoms with van der Waals surface area (Å²) in [5, 5.41) is 0. The number of hydrogen-bond acceptors (Lipinski definition) is 2. The summed E-state index contributed by atoms with van der Waals surface area (Å²) in [4.78, 5) is 14.7. The summed E-state index contributed by atoms with van der Waals surface area (Å²) >= 11 is 0. The fraction of sp³-hybridized carbons (Fsp3) is 0.933. The van der Waals surface area contributed by atoms with Crippen molar-refractivity contribution in [3.8, 4) is 0 Å². The summed E-state index contributed by atoms with van der Waals surface area (Å²) in [6.45, 7) is 0. The second kappa shape index (κ2) is 4.84. The number of carbonyl (C=O) groups is 1. The van der Waals surface area contributed by atoms with Crippen LogP contribution in [0.15, 0.2) is 0 Å². The van der Waals surface area contributed by atoms with Gasteiger partial charge < -0.3 is 10.6 Å². The highest BCUT2D eigenvalue weighted by molar-refractivity contribution is 5.79. The van der Waals surface area contributed by atoms with Gasteiger partial charge in [-0.05, 0) is 43.9 Å². The lowest BCUT2D eigenvalue weighted by Gasteiger charge is -2.38. The van der Waals surface area contributed by atoms with Gasteiger partial charge in [-0.15, -0.1) is 0 Å². The highest BCUT2D eigenvalue weighted by Gasteiger charge is 2.45. The molecule has 5 atom stereocenters. The highest BCUT2D eigenvalue weighted by atomic mass is 16.2. The summed E-state index contributed by atoms with van der Waals surface area (Å²) < 4.78 is 0. The molecule has 0 heterocycles. The molecule has 102 valence electrons. The molecule has 2 bridgehead atoms. The van der Waals surface area contributed by atoms with Crippen LogP contribution in [0.4, 0.5) is 0 Å². The molecule has 3 saturated carbocycles. The molecule has 18 heavy (non-hydrogen) atoms. The van der Waals surface area contributed by atoms with Crippen LogP contribution in [0.25, 0.3) is 0 Å². The maximum atomic E-state index is 12.7. The van der Waals surface area contributed by atoms with Crippen molar-refractivity contribution >= 4 is 5.91 Å². The molecule has 3 rings (SSSR count). The van der Waals surface area contributed by atoms with E-state index in [4.69, 9.17) is 5.73 Å². The number of likely N-dealkylation sites (N-methyl/N-ethyl adjacent to an activating group) is 1. The summed E-state index contributed by atoms with van der Waals surface area (Å²) in [5.74, 6) is 2.24. The lowest BCUT2D eigenvalue weighted by atomic mass is 9.85. The third-order valence-corrected chi connectivity index (χ3v) is 5.68. The first-order valence-electron chi connectivity index (χ1n) is 7.69.